The van der Waals surface area contributed by atoms with Crippen molar-refractivity contribution in [2.45, 2.75) is 33.6 Å². The summed E-state index contributed by atoms with van der Waals surface area (Å²) >= 11 is 0. The molecule has 4 nitrogen and oxygen atoms in total. The van der Waals surface area contributed by atoms with E-state index >= 15 is 0 Å². The zero-order valence-electron chi connectivity index (χ0n) is 14.4. The molecule has 1 saturated heterocycles. The Morgan fingerprint density at radius 1 is 1.32 bits per heavy atom. The second-order valence-electron chi connectivity index (χ2n) is 6.67. The van der Waals surface area contributed by atoms with E-state index in [2.05, 4.69) is 43.1 Å². The number of likely N-dealkylation sites (tertiary alicyclic amines) is 1. The van der Waals surface area contributed by atoms with Crippen molar-refractivity contribution in [3.63, 3.8) is 0 Å². The van der Waals surface area contributed by atoms with Gasteiger partial charge in [0, 0.05) is 26.2 Å². The minimum Gasteiger partial charge on any atom is -0.497 e. The lowest BCUT2D eigenvalue weighted by Crippen LogP contribution is -2.40. The number of nitrogens with zero attached hydrogens (tertiary/aromatic N) is 2. The van der Waals surface area contributed by atoms with Crippen molar-refractivity contribution < 1.29 is 4.74 Å². The normalized spacial score (nSPS) is 17.6. The van der Waals surface area contributed by atoms with Crippen molar-refractivity contribution in [2.75, 3.05) is 33.3 Å². The lowest BCUT2D eigenvalue weighted by atomic mass is 9.93. The summed E-state index contributed by atoms with van der Waals surface area (Å²) in [5, 5.41) is 3.42. The standard InChI is InChI=1S/C18H29N3O/c1-5-19-17(21-13-11-18(2,3)14-21)20-12-10-15-6-8-16(22-4)9-7-15/h6-9H,5,10-14H2,1-4H3,(H,19,20). The van der Waals surface area contributed by atoms with Gasteiger partial charge in [0.2, 0.25) is 0 Å². The first-order valence-corrected chi connectivity index (χ1v) is 8.20. The number of nitrogens with one attached hydrogen (secondary N) is 1. The average Bonchev–Trinajstić information content (AvgIpc) is 2.87. The molecule has 0 aromatic heterocycles. The summed E-state index contributed by atoms with van der Waals surface area (Å²) in [7, 11) is 1.69. The lowest BCUT2D eigenvalue weighted by molar-refractivity contribution is 0.370. The van der Waals surface area contributed by atoms with Gasteiger partial charge in [0.25, 0.3) is 0 Å². The zero-order valence-corrected chi connectivity index (χ0v) is 14.4. The Hall–Kier alpha value is -1.71. The van der Waals surface area contributed by atoms with Crippen molar-refractivity contribution in [3.05, 3.63) is 29.8 Å². The van der Waals surface area contributed by atoms with Gasteiger partial charge in [0.1, 0.15) is 5.75 Å². The van der Waals surface area contributed by atoms with Crippen LogP contribution < -0.4 is 10.1 Å². The molecule has 0 aliphatic carbocycles. The van der Waals surface area contributed by atoms with Gasteiger partial charge in [0.05, 0.1) is 7.11 Å². The average molecular weight is 303 g/mol. The monoisotopic (exact) mass is 303 g/mol. The van der Waals surface area contributed by atoms with Crippen molar-refractivity contribution in [3.8, 4) is 5.75 Å². The molecule has 0 saturated carbocycles. The van der Waals surface area contributed by atoms with E-state index in [-0.39, 0.29) is 0 Å². The maximum Gasteiger partial charge on any atom is 0.193 e. The number of guanidine groups is 1. The summed E-state index contributed by atoms with van der Waals surface area (Å²) in [4.78, 5) is 7.19. The van der Waals surface area contributed by atoms with E-state index in [9.17, 15) is 0 Å². The highest BCUT2D eigenvalue weighted by Gasteiger charge is 2.30. The highest BCUT2D eigenvalue weighted by atomic mass is 16.5. The van der Waals surface area contributed by atoms with Crippen molar-refractivity contribution >= 4 is 5.96 Å². The fourth-order valence-electron chi connectivity index (χ4n) is 2.80. The summed E-state index contributed by atoms with van der Waals surface area (Å²) in [6, 6.07) is 8.24. The van der Waals surface area contributed by atoms with E-state index in [4.69, 9.17) is 9.73 Å². The number of benzene rings is 1. The molecule has 22 heavy (non-hydrogen) atoms. The Balaban J connectivity index is 1.92. The Morgan fingerprint density at radius 3 is 2.59 bits per heavy atom. The van der Waals surface area contributed by atoms with Crippen molar-refractivity contribution in [2.24, 2.45) is 10.4 Å². The third kappa shape index (κ3) is 4.65. The molecule has 4 heteroatoms. The molecule has 2 rings (SSSR count). The number of methoxy groups -OCH3 is 1. The Morgan fingerprint density at radius 2 is 2.05 bits per heavy atom. The molecule has 0 radical (unpaired) electrons. The highest BCUT2D eigenvalue weighted by molar-refractivity contribution is 5.80. The molecule has 1 heterocycles. The van der Waals surface area contributed by atoms with Gasteiger partial charge >= 0.3 is 0 Å². The van der Waals surface area contributed by atoms with Crippen LogP contribution in [0.2, 0.25) is 0 Å². The van der Waals surface area contributed by atoms with Crippen LogP contribution in [0.1, 0.15) is 32.8 Å². The van der Waals surface area contributed by atoms with E-state index < -0.39 is 0 Å². The Labute approximate surface area is 134 Å². The summed E-state index contributed by atoms with van der Waals surface area (Å²) in [6.07, 6.45) is 2.19. The molecule has 0 amide bonds. The van der Waals surface area contributed by atoms with E-state index in [1.54, 1.807) is 7.11 Å². The predicted molar refractivity (Wildman–Crippen MR) is 92.6 cm³/mol. The molecule has 0 unspecified atom stereocenters. The van der Waals surface area contributed by atoms with Gasteiger partial charge in [-0.15, -0.1) is 0 Å². The van der Waals surface area contributed by atoms with Crippen molar-refractivity contribution in [1.29, 1.82) is 0 Å². The molecule has 1 fully saturated rings. The molecule has 0 bridgehead atoms. The third-order valence-corrected chi connectivity index (χ3v) is 4.13. The number of hydrogen-bond acceptors (Lipinski definition) is 2. The second kappa shape index (κ2) is 7.52. The van der Waals surface area contributed by atoms with E-state index in [1.165, 1.54) is 12.0 Å². The van der Waals surface area contributed by atoms with Crippen LogP contribution in [0.15, 0.2) is 29.3 Å². The first-order chi connectivity index (χ1) is 10.5. The van der Waals surface area contributed by atoms with Crippen molar-refractivity contribution in [1.82, 2.24) is 10.2 Å². The molecule has 0 spiro atoms. The number of rotatable bonds is 5. The molecule has 1 aromatic carbocycles. The second-order valence-corrected chi connectivity index (χ2v) is 6.67. The topological polar surface area (TPSA) is 36.9 Å². The predicted octanol–water partition coefficient (Wildman–Crippen LogP) is 2.94. The van der Waals surface area contributed by atoms with Gasteiger partial charge in [-0.1, -0.05) is 26.0 Å². The maximum absolute atomic E-state index is 5.19. The minimum absolute atomic E-state index is 0.395. The molecule has 0 atom stereocenters. The van der Waals surface area contributed by atoms with E-state index in [0.29, 0.717) is 5.41 Å². The van der Waals surface area contributed by atoms with Crippen LogP contribution in [0.3, 0.4) is 0 Å². The van der Waals surface area contributed by atoms with E-state index in [1.807, 2.05) is 12.1 Å². The molecular weight excluding hydrogens is 274 g/mol. The molecule has 1 aromatic rings. The molecular formula is C18H29N3O. The molecule has 1 aliphatic rings. The smallest absolute Gasteiger partial charge is 0.193 e. The van der Waals surface area contributed by atoms with Gasteiger partial charge < -0.3 is 15.0 Å². The van der Waals surface area contributed by atoms with Gasteiger partial charge in [-0.2, -0.15) is 0 Å². The van der Waals surface area contributed by atoms with Crippen LogP contribution in [0.4, 0.5) is 0 Å². The van der Waals surface area contributed by atoms with Crippen LogP contribution in [0.25, 0.3) is 0 Å². The molecule has 122 valence electrons. The van der Waals surface area contributed by atoms with Gasteiger partial charge in [-0.3, -0.25) is 4.99 Å². The summed E-state index contributed by atoms with van der Waals surface area (Å²) < 4.78 is 5.19. The zero-order chi connectivity index (χ0) is 16.0. The Kier molecular flexibility index (Phi) is 5.69. The maximum atomic E-state index is 5.19. The van der Waals surface area contributed by atoms with E-state index in [0.717, 1.165) is 44.3 Å². The third-order valence-electron chi connectivity index (χ3n) is 4.13. The summed E-state index contributed by atoms with van der Waals surface area (Å²) in [5.74, 6) is 1.96. The minimum atomic E-state index is 0.395. The first kappa shape index (κ1) is 16.7. The van der Waals surface area contributed by atoms with Crippen LogP contribution in [-0.4, -0.2) is 44.1 Å². The SMILES string of the molecule is CCNC(=NCCc1ccc(OC)cc1)N1CCC(C)(C)C1. The van der Waals surface area contributed by atoms with Crippen LogP contribution in [0, 0.1) is 5.41 Å². The lowest BCUT2D eigenvalue weighted by Gasteiger charge is -2.23. The quantitative estimate of drug-likeness (QED) is 0.671. The van der Waals surface area contributed by atoms with Gasteiger partial charge in [-0.05, 0) is 42.9 Å². The fraction of sp³-hybridized carbons (Fsp3) is 0.611. The van der Waals surface area contributed by atoms with Crippen LogP contribution in [-0.2, 0) is 6.42 Å². The number of hydrogen-bond donors (Lipinski definition) is 1. The van der Waals surface area contributed by atoms with Gasteiger partial charge in [0.15, 0.2) is 5.96 Å². The molecule has 1 N–H and O–H groups in total. The fourth-order valence-corrected chi connectivity index (χ4v) is 2.80. The summed E-state index contributed by atoms with van der Waals surface area (Å²) in [6.45, 7) is 10.7. The summed E-state index contributed by atoms with van der Waals surface area (Å²) in [5.41, 5.74) is 1.69. The largest absolute Gasteiger partial charge is 0.497 e. The van der Waals surface area contributed by atoms with Crippen LogP contribution in [0.5, 0.6) is 5.75 Å². The highest BCUT2D eigenvalue weighted by Crippen LogP contribution is 2.28. The van der Waals surface area contributed by atoms with Crippen LogP contribution >= 0.6 is 0 Å². The first-order valence-electron chi connectivity index (χ1n) is 8.20. The number of aliphatic imine (C=N–C) groups is 1. The Bertz CT molecular complexity index is 494. The van der Waals surface area contributed by atoms with Gasteiger partial charge in [-0.25, -0.2) is 0 Å². The molecule has 1 aliphatic heterocycles. The number of ether oxygens (including phenoxy) is 1.